The fraction of sp³-hybridized carbons (Fsp3) is 0.250. The van der Waals surface area contributed by atoms with Gasteiger partial charge in [0.15, 0.2) is 5.65 Å². The van der Waals surface area contributed by atoms with Crippen molar-refractivity contribution >= 4 is 17.2 Å². The van der Waals surface area contributed by atoms with Crippen LogP contribution >= 0.6 is 0 Å². The topological polar surface area (TPSA) is 81.4 Å². The molecule has 0 radical (unpaired) electrons. The number of alkyl halides is 3. The van der Waals surface area contributed by atoms with E-state index >= 15 is 0 Å². The molecular weight excluding hydrogens is 447 g/mol. The average molecular weight is 469 g/mol. The third kappa shape index (κ3) is 4.57. The quantitative estimate of drug-likeness (QED) is 0.429. The number of aromatic nitrogens is 4. The Hall–Kier alpha value is -3.95. The maximum atomic E-state index is 13.6. The van der Waals surface area contributed by atoms with Crippen molar-refractivity contribution in [1.82, 2.24) is 19.6 Å². The first-order chi connectivity index (χ1) is 16.0. The maximum Gasteiger partial charge on any atom is 0.418 e. The van der Waals surface area contributed by atoms with Crippen LogP contribution in [0.25, 0.3) is 28.2 Å². The molecule has 1 aromatic carbocycles. The number of amides is 1. The molecule has 0 saturated heterocycles. The molecule has 1 amide bonds. The van der Waals surface area contributed by atoms with Crippen LogP contribution in [0.3, 0.4) is 0 Å². The molecule has 3 aromatic heterocycles. The normalized spacial score (nSPS) is 12.1. The molecule has 0 spiro atoms. The van der Waals surface area contributed by atoms with Crippen LogP contribution in [-0.2, 0) is 11.0 Å². The molecule has 176 valence electrons. The Morgan fingerprint density at radius 2 is 1.82 bits per heavy atom. The zero-order valence-corrected chi connectivity index (χ0v) is 18.9. The van der Waals surface area contributed by atoms with Gasteiger partial charge in [0.05, 0.1) is 42.1 Å². The number of imidazole rings is 1. The van der Waals surface area contributed by atoms with Crippen molar-refractivity contribution in [1.29, 1.82) is 0 Å². The molecule has 0 saturated carbocycles. The van der Waals surface area contributed by atoms with Gasteiger partial charge in [0.25, 0.3) is 0 Å². The smallest absolute Gasteiger partial charge is 0.418 e. The van der Waals surface area contributed by atoms with Gasteiger partial charge in [-0.2, -0.15) is 18.3 Å². The summed E-state index contributed by atoms with van der Waals surface area (Å²) < 4.78 is 47.6. The fourth-order valence-electron chi connectivity index (χ4n) is 3.28. The molecule has 0 atom stereocenters. The van der Waals surface area contributed by atoms with Gasteiger partial charge in [0.2, 0.25) is 5.91 Å². The average Bonchev–Trinajstić information content (AvgIpc) is 3.21. The molecule has 7 nitrogen and oxygen atoms in total. The Kier molecular flexibility index (Phi) is 5.76. The number of nitrogens with zero attached hydrogens (tertiary/aromatic N) is 4. The standard InChI is InChI=1S/C24H22F3N5O2/c1-23(2,3)22(33)30-18-11-14(5-6-16(18)24(25,26)27)19-13-32-21(29-19)8-7-17(31-32)15-9-10-28-12-20(15)34-4/h5-13H,1-4H3,(H,30,33). The lowest BCUT2D eigenvalue weighted by molar-refractivity contribution is -0.137. The van der Waals surface area contributed by atoms with Crippen molar-refractivity contribution < 1.29 is 22.7 Å². The first kappa shape index (κ1) is 23.2. The number of hydrogen-bond acceptors (Lipinski definition) is 5. The molecule has 0 bridgehead atoms. The monoisotopic (exact) mass is 469 g/mol. The minimum Gasteiger partial charge on any atom is -0.494 e. The van der Waals surface area contributed by atoms with E-state index < -0.39 is 23.1 Å². The summed E-state index contributed by atoms with van der Waals surface area (Å²) in [6.07, 6.45) is 0.192. The van der Waals surface area contributed by atoms with Gasteiger partial charge < -0.3 is 10.1 Å². The van der Waals surface area contributed by atoms with Gasteiger partial charge in [-0.1, -0.05) is 26.8 Å². The summed E-state index contributed by atoms with van der Waals surface area (Å²) in [5.41, 5.74) is 0.553. The van der Waals surface area contributed by atoms with E-state index in [4.69, 9.17) is 4.74 Å². The van der Waals surface area contributed by atoms with Crippen molar-refractivity contribution in [3.05, 3.63) is 60.6 Å². The van der Waals surface area contributed by atoms with E-state index in [0.717, 1.165) is 11.6 Å². The third-order valence-corrected chi connectivity index (χ3v) is 5.15. The van der Waals surface area contributed by atoms with Crippen LogP contribution < -0.4 is 10.1 Å². The van der Waals surface area contributed by atoms with Gasteiger partial charge >= 0.3 is 6.18 Å². The Morgan fingerprint density at radius 1 is 1.06 bits per heavy atom. The highest BCUT2D eigenvalue weighted by molar-refractivity contribution is 5.96. The first-order valence-electron chi connectivity index (χ1n) is 10.4. The van der Waals surface area contributed by atoms with Crippen LogP contribution in [-0.4, -0.2) is 32.6 Å². The summed E-state index contributed by atoms with van der Waals surface area (Å²) in [6.45, 7) is 4.88. The number of carbonyl (C=O) groups excluding carboxylic acids is 1. The molecule has 1 N–H and O–H groups in total. The molecule has 10 heteroatoms. The van der Waals surface area contributed by atoms with Gasteiger partial charge in [-0.15, -0.1) is 0 Å². The SMILES string of the molecule is COc1cnccc1-c1ccc2nc(-c3ccc(C(F)(F)F)c(NC(=O)C(C)(C)C)c3)cn2n1. The van der Waals surface area contributed by atoms with E-state index in [0.29, 0.717) is 28.3 Å². The summed E-state index contributed by atoms with van der Waals surface area (Å²) in [5, 5.41) is 6.97. The van der Waals surface area contributed by atoms with E-state index in [1.54, 1.807) is 57.6 Å². The highest BCUT2D eigenvalue weighted by Gasteiger charge is 2.35. The van der Waals surface area contributed by atoms with Gasteiger partial charge in [0.1, 0.15) is 5.75 Å². The zero-order chi connectivity index (χ0) is 24.7. The van der Waals surface area contributed by atoms with E-state index in [-0.39, 0.29) is 5.69 Å². The molecule has 0 unspecified atom stereocenters. The van der Waals surface area contributed by atoms with Crippen LogP contribution in [0.15, 0.2) is 55.0 Å². The minimum absolute atomic E-state index is 0.322. The predicted molar refractivity (Wildman–Crippen MR) is 121 cm³/mol. The van der Waals surface area contributed by atoms with E-state index in [1.165, 1.54) is 23.8 Å². The van der Waals surface area contributed by atoms with E-state index in [1.807, 2.05) is 0 Å². The van der Waals surface area contributed by atoms with Gasteiger partial charge in [-0.25, -0.2) is 9.50 Å². The molecule has 0 aliphatic heterocycles. The Bertz CT molecular complexity index is 1370. The number of carbonyl (C=O) groups is 1. The zero-order valence-electron chi connectivity index (χ0n) is 18.9. The molecule has 0 fully saturated rings. The lowest BCUT2D eigenvalue weighted by Gasteiger charge is -2.20. The Morgan fingerprint density at radius 3 is 2.50 bits per heavy atom. The second-order valence-electron chi connectivity index (χ2n) is 8.69. The lowest BCUT2D eigenvalue weighted by Crippen LogP contribution is -2.28. The number of ether oxygens (including phenoxy) is 1. The molecule has 0 aliphatic carbocycles. The summed E-state index contributed by atoms with van der Waals surface area (Å²) in [4.78, 5) is 20.9. The maximum absolute atomic E-state index is 13.6. The van der Waals surface area contributed by atoms with Gasteiger partial charge in [-0.3, -0.25) is 9.78 Å². The number of pyridine rings is 1. The number of methoxy groups -OCH3 is 1. The first-order valence-corrected chi connectivity index (χ1v) is 10.4. The van der Waals surface area contributed by atoms with Crippen molar-refractivity contribution in [3.8, 4) is 28.3 Å². The third-order valence-electron chi connectivity index (χ3n) is 5.15. The number of hydrogen-bond donors (Lipinski definition) is 1. The summed E-state index contributed by atoms with van der Waals surface area (Å²) in [6, 6.07) is 8.83. The molecule has 3 heterocycles. The van der Waals surface area contributed by atoms with Crippen molar-refractivity contribution in [2.24, 2.45) is 5.41 Å². The molecular formula is C24H22F3N5O2. The largest absolute Gasteiger partial charge is 0.494 e. The number of halogens is 3. The van der Waals surface area contributed by atoms with Gasteiger partial charge in [0, 0.05) is 22.7 Å². The summed E-state index contributed by atoms with van der Waals surface area (Å²) in [7, 11) is 1.54. The second kappa shape index (κ2) is 8.44. The van der Waals surface area contributed by atoms with E-state index in [9.17, 15) is 18.0 Å². The summed E-state index contributed by atoms with van der Waals surface area (Å²) >= 11 is 0. The lowest BCUT2D eigenvalue weighted by atomic mass is 9.95. The highest BCUT2D eigenvalue weighted by Crippen LogP contribution is 2.38. The van der Waals surface area contributed by atoms with Crippen LogP contribution in [0, 0.1) is 5.41 Å². The second-order valence-corrected chi connectivity index (χ2v) is 8.69. The molecule has 4 rings (SSSR count). The van der Waals surface area contributed by atoms with Crippen LogP contribution in [0.1, 0.15) is 26.3 Å². The Balaban J connectivity index is 1.76. The minimum atomic E-state index is -4.63. The van der Waals surface area contributed by atoms with Crippen LogP contribution in [0.5, 0.6) is 5.75 Å². The predicted octanol–water partition coefficient (Wildman–Crippen LogP) is 5.47. The van der Waals surface area contributed by atoms with Crippen molar-refractivity contribution in [2.75, 3.05) is 12.4 Å². The fourth-order valence-corrected chi connectivity index (χ4v) is 3.28. The number of anilines is 1. The van der Waals surface area contributed by atoms with Gasteiger partial charge in [-0.05, 0) is 30.3 Å². The highest BCUT2D eigenvalue weighted by atomic mass is 19.4. The number of benzene rings is 1. The molecule has 4 aromatic rings. The molecule has 34 heavy (non-hydrogen) atoms. The number of nitrogens with one attached hydrogen (secondary N) is 1. The number of rotatable bonds is 4. The van der Waals surface area contributed by atoms with Crippen LogP contribution in [0.2, 0.25) is 0 Å². The molecule has 0 aliphatic rings. The summed E-state index contributed by atoms with van der Waals surface area (Å²) in [5.74, 6) is 0.0272. The number of fused-ring (bicyclic) bond motifs is 1. The Labute approximate surface area is 193 Å². The van der Waals surface area contributed by atoms with Crippen LogP contribution in [0.4, 0.5) is 18.9 Å². The van der Waals surface area contributed by atoms with Crippen molar-refractivity contribution in [2.45, 2.75) is 26.9 Å². The van der Waals surface area contributed by atoms with E-state index in [2.05, 4.69) is 20.4 Å². The van der Waals surface area contributed by atoms with Crippen molar-refractivity contribution in [3.63, 3.8) is 0 Å².